The Morgan fingerprint density at radius 3 is 3.13 bits per heavy atom. The van der Waals surface area contributed by atoms with Gasteiger partial charge in [-0.15, -0.1) is 11.8 Å². The number of rotatable bonds is 2. The fourth-order valence-electron chi connectivity index (χ4n) is 3.29. The summed E-state index contributed by atoms with van der Waals surface area (Å²) in [6.45, 7) is 4.09. The minimum atomic E-state index is -0.395. The number of carbonyl (C=O) groups excluding carboxylic acids is 2. The number of nitrogens with zero attached hydrogens (tertiary/aromatic N) is 2. The number of benzene rings is 1. The number of hydrogen-bond donors (Lipinski definition) is 1. The molecule has 0 radical (unpaired) electrons. The van der Waals surface area contributed by atoms with Gasteiger partial charge in [-0.2, -0.15) is 0 Å². The molecular formula is C16H17N3O2S2. The summed E-state index contributed by atoms with van der Waals surface area (Å²) in [4.78, 5) is 30.8. The molecule has 23 heavy (non-hydrogen) atoms. The number of hydrogen-bond acceptors (Lipinski definition) is 5. The fourth-order valence-corrected chi connectivity index (χ4v) is 5.69. The molecule has 0 saturated carbocycles. The summed E-state index contributed by atoms with van der Waals surface area (Å²) in [5.74, 6) is 0.600. The second-order valence-corrected chi connectivity index (χ2v) is 8.78. The summed E-state index contributed by atoms with van der Waals surface area (Å²) < 4.78 is 1.06. The predicted octanol–water partition coefficient (Wildman–Crippen LogP) is 3.00. The van der Waals surface area contributed by atoms with Crippen molar-refractivity contribution in [2.24, 2.45) is 0 Å². The number of thioether (sulfide) groups is 1. The molecule has 2 aromatic rings. The lowest BCUT2D eigenvalue weighted by atomic mass is 10.2. The molecule has 7 heteroatoms. The van der Waals surface area contributed by atoms with Crippen LogP contribution in [-0.4, -0.2) is 38.4 Å². The van der Waals surface area contributed by atoms with Crippen molar-refractivity contribution in [1.82, 2.24) is 9.88 Å². The maximum atomic E-state index is 12.6. The number of aryl methyl sites for hydroxylation is 1. The smallest absolute Gasteiger partial charge is 0.249 e. The van der Waals surface area contributed by atoms with Crippen molar-refractivity contribution in [2.75, 3.05) is 11.1 Å². The van der Waals surface area contributed by atoms with Gasteiger partial charge < -0.3 is 10.2 Å². The normalized spacial score (nSPS) is 26.8. The van der Waals surface area contributed by atoms with Crippen LogP contribution in [-0.2, 0) is 9.59 Å². The molecule has 2 aliphatic heterocycles. The van der Waals surface area contributed by atoms with E-state index in [2.05, 4.69) is 23.3 Å². The molecule has 1 N–H and O–H groups in total. The third-order valence-electron chi connectivity index (χ3n) is 4.52. The van der Waals surface area contributed by atoms with E-state index in [1.54, 1.807) is 16.7 Å². The first-order valence-corrected chi connectivity index (χ1v) is 9.41. The minimum Gasteiger partial charge on any atom is -0.315 e. The van der Waals surface area contributed by atoms with Gasteiger partial charge in [0.05, 0.1) is 15.1 Å². The van der Waals surface area contributed by atoms with Crippen LogP contribution in [0.5, 0.6) is 0 Å². The summed E-state index contributed by atoms with van der Waals surface area (Å²) >= 11 is 3.17. The molecule has 2 aliphatic rings. The molecule has 3 heterocycles. The number of fused-ring (bicyclic) bond motifs is 2. The minimum absolute atomic E-state index is 0.0811. The van der Waals surface area contributed by atoms with Gasteiger partial charge in [-0.05, 0) is 38.0 Å². The van der Waals surface area contributed by atoms with E-state index in [1.807, 2.05) is 19.1 Å². The van der Waals surface area contributed by atoms with Crippen molar-refractivity contribution in [2.45, 2.75) is 37.6 Å². The molecule has 0 bridgehead atoms. The Morgan fingerprint density at radius 2 is 2.30 bits per heavy atom. The van der Waals surface area contributed by atoms with E-state index in [9.17, 15) is 9.59 Å². The van der Waals surface area contributed by atoms with E-state index in [-0.39, 0.29) is 16.7 Å². The van der Waals surface area contributed by atoms with Crippen molar-refractivity contribution in [1.29, 1.82) is 0 Å². The number of thiazole rings is 1. The van der Waals surface area contributed by atoms with Gasteiger partial charge >= 0.3 is 0 Å². The molecule has 2 fully saturated rings. The lowest BCUT2D eigenvalue weighted by molar-refractivity contribution is -0.135. The lowest BCUT2D eigenvalue weighted by Crippen LogP contribution is -2.48. The van der Waals surface area contributed by atoms with Crippen LogP contribution in [0.1, 0.15) is 25.3 Å². The Morgan fingerprint density at radius 1 is 1.48 bits per heavy atom. The summed E-state index contributed by atoms with van der Waals surface area (Å²) in [5.41, 5.74) is 2.06. The molecule has 1 aromatic heterocycles. The Balaban J connectivity index is 1.56. The quantitative estimate of drug-likeness (QED) is 0.907. The monoisotopic (exact) mass is 347 g/mol. The molecule has 1 aromatic carbocycles. The Hall–Kier alpha value is -1.60. The van der Waals surface area contributed by atoms with E-state index in [1.165, 1.54) is 16.9 Å². The number of nitrogens with one attached hydrogen (secondary N) is 1. The summed E-state index contributed by atoms with van der Waals surface area (Å²) in [6.07, 6.45) is 1.36. The topological polar surface area (TPSA) is 62.3 Å². The van der Waals surface area contributed by atoms with Gasteiger partial charge in [-0.3, -0.25) is 9.59 Å². The zero-order valence-electron chi connectivity index (χ0n) is 13.0. The summed E-state index contributed by atoms with van der Waals surface area (Å²) in [5, 5.41) is 3.50. The van der Waals surface area contributed by atoms with E-state index < -0.39 is 6.04 Å². The Labute approximate surface area is 142 Å². The molecule has 0 unspecified atom stereocenters. The van der Waals surface area contributed by atoms with Crippen LogP contribution in [0.2, 0.25) is 0 Å². The first-order chi connectivity index (χ1) is 11.0. The Bertz CT molecular complexity index is 819. The van der Waals surface area contributed by atoms with Crippen molar-refractivity contribution < 1.29 is 9.59 Å². The highest BCUT2D eigenvalue weighted by Gasteiger charge is 2.52. The van der Waals surface area contributed by atoms with Crippen molar-refractivity contribution in [3.8, 4) is 0 Å². The first kappa shape index (κ1) is 15.0. The molecule has 120 valence electrons. The maximum absolute atomic E-state index is 12.6. The number of anilines is 1. The summed E-state index contributed by atoms with van der Waals surface area (Å²) in [7, 11) is 0. The highest BCUT2D eigenvalue weighted by atomic mass is 32.2. The zero-order chi connectivity index (χ0) is 16.2. The second kappa shape index (κ2) is 5.21. The van der Waals surface area contributed by atoms with Gasteiger partial charge in [0.25, 0.3) is 0 Å². The maximum Gasteiger partial charge on any atom is 0.249 e. The van der Waals surface area contributed by atoms with Gasteiger partial charge in [0.2, 0.25) is 11.8 Å². The molecule has 0 spiro atoms. The van der Waals surface area contributed by atoms with E-state index in [0.717, 1.165) is 16.6 Å². The molecule has 4 rings (SSSR count). The summed E-state index contributed by atoms with van der Waals surface area (Å²) in [6, 6.07) is 5.64. The third-order valence-corrected chi connectivity index (χ3v) is 6.96. The number of aromatic nitrogens is 1. The lowest BCUT2D eigenvalue weighted by Gasteiger charge is -2.29. The molecular weight excluding hydrogens is 330 g/mol. The average Bonchev–Trinajstić information content (AvgIpc) is 3.12. The number of amides is 2. The van der Waals surface area contributed by atoms with Crippen LogP contribution in [0.4, 0.5) is 5.13 Å². The Kier molecular flexibility index (Phi) is 3.39. The SMILES string of the molecule is Cc1ccc2nc(NC(=O)[C@@H]3CS[C@@]4(C)CCC(=O)N34)sc2c1. The highest BCUT2D eigenvalue weighted by molar-refractivity contribution is 8.01. The van der Waals surface area contributed by atoms with Gasteiger partial charge in [0.1, 0.15) is 6.04 Å². The van der Waals surface area contributed by atoms with Crippen molar-refractivity contribution in [3.63, 3.8) is 0 Å². The average molecular weight is 347 g/mol. The van der Waals surface area contributed by atoms with E-state index >= 15 is 0 Å². The largest absolute Gasteiger partial charge is 0.315 e. The van der Waals surface area contributed by atoms with Crippen LogP contribution in [0.25, 0.3) is 10.2 Å². The highest BCUT2D eigenvalue weighted by Crippen LogP contribution is 2.47. The van der Waals surface area contributed by atoms with Crippen LogP contribution in [0.15, 0.2) is 18.2 Å². The van der Waals surface area contributed by atoms with Gasteiger partial charge in [0.15, 0.2) is 5.13 Å². The molecule has 5 nitrogen and oxygen atoms in total. The van der Waals surface area contributed by atoms with Gasteiger partial charge in [-0.1, -0.05) is 17.4 Å². The van der Waals surface area contributed by atoms with Crippen LogP contribution >= 0.6 is 23.1 Å². The molecule has 2 atom stereocenters. The van der Waals surface area contributed by atoms with Crippen LogP contribution in [0, 0.1) is 6.92 Å². The fraction of sp³-hybridized carbons (Fsp3) is 0.438. The molecule has 2 amide bonds. The molecule has 0 aliphatic carbocycles. The zero-order valence-corrected chi connectivity index (χ0v) is 14.6. The van der Waals surface area contributed by atoms with Crippen molar-refractivity contribution in [3.05, 3.63) is 23.8 Å². The van der Waals surface area contributed by atoms with E-state index in [4.69, 9.17) is 0 Å². The van der Waals surface area contributed by atoms with Gasteiger partial charge in [0, 0.05) is 12.2 Å². The number of carbonyl (C=O) groups is 2. The van der Waals surface area contributed by atoms with Crippen molar-refractivity contribution >= 4 is 50.3 Å². The predicted molar refractivity (Wildman–Crippen MR) is 93.7 cm³/mol. The third kappa shape index (κ3) is 2.42. The van der Waals surface area contributed by atoms with Gasteiger partial charge in [-0.25, -0.2) is 4.98 Å². The molecule has 2 saturated heterocycles. The second-order valence-electron chi connectivity index (χ2n) is 6.25. The standard InChI is InChI=1S/C16H17N3O2S2/c1-9-3-4-10-12(7-9)23-15(17-10)18-14(21)11-8-22-16(2)6-5-13(20)19(11)16/h3-4,7,11H,5-6,8H2,1-2H3,(H,17,18,21)/t11-,16-/m0/s1. The van der Waals surface area contributed by atoms with E-state index in [0.29, 0.717) is 17.3 Å². The van der Waals surface area contributed by atoms with Crippen LogP contribution in [0.3, 0.4) is 0 Å². The first-order valence-electron chi connectivity index (χ1n) is 7.60. The van der Waals surface area contributed by atoms with Crippen LogP contribution < -0.4 is 5.32 Å².